The number of rotatable bonds is 8. The summed E-state index contributed by atoms with van der Waals surface area (Å²) >= 11 is 0. The highest BCUT2D eigenvalue weighted by molar-refractivity contribution is 5.27. The van der Waals surface area contributed by atoms with Crippen LogP contribution in [-0.2, 0) is 0 Å². The molecule has 4 aliphatic rings. The van der Waals surface area contributed by atoms with Crippen LogP contribution in [0.3, 0.4) is 0 Å². The van der Waals surface area contributed by atoms with E-state index >= 15 is 0 Å². The molecule has 4 unspecified atom stereocenters. The van der Waals surface area contributed by atoms with Crippen molar-refractivity contribution >= 4 is 0 Å². The van der Waals surface area contributed by atoms with Crippen LogP contribution < -0.4 is 0 Å². The molecule has 0 aromatic rings. The molecule has 3 saturated carbocycles. The van der Waals surface area contributed by atoms with E-state index in [2.05, 4.69) is 40.7 Å². The van der Waals surface area contributed by atoms with Crippen LogP contribution in [0.25, 0.3) is 0 Å². The number of hydrogen-bond donors (Lipinski definition) is 2. The number of hydrogen-bond acceptors (Lipinski definition) is 2. The van der Waals surface area contributed by atoms with Gasteiger partial charge in [0.25, 0.3) is 0 Å². The van der Waals surface area contributed by atoms with Crippen LogP contribution in [0.2, 0.25) is 0 Å². The first-order valence-corrected chi connectivity index (χ1v) is 14.2. The maximum Gasteiger partial charge on any atom is 0.0757 e. The minimum absolute atomic E-state index is 0.200. The fraction of sp³-hybridized carbons (Fsp3) is 0.933. The lowest BCUT2D eigenvalue weighted by molar-refractivity contribution is -0.0970. The molecular formula is C30H52O2. The molecule has 2 N–H and O–H groups in total. The number of aliphatic hydroxyl groups is 2. The van der Waals surface area contributed by atoms with Crippen LogP contribution >= 0.6 is 0 Å². The molecule has 0 saturated heterocycles. The van der Waals surface area contributed by atoms with E-state index in [-0.39, 0.29) is 17.6 Å². The quantitative estimate of drug-likeness (QED) is 0.300. The molecule has 0 aromatic carbocycles. The standard InChI is InChI=1S/C30H52O2/c1-20(2)10-8-6-7-9-11-21(3)24-12-13-25-28-26(15-17-30(24,25)5)29(4)16-14-23(31)18-22(29)19-27(28)32/h19-21,23-28,31-32H,6-18H2,1-5H3/t21?,23-,24+,25?,26?,27+,28?,29-,30+/m0/s1. The van der Waals surface area contributed by atoms with Gasteiger partial charge >= 0.3 is 0 Å². The molecule has 2 nitrogen and oxygen atoms in total. The van der Waals surface area contributed by atoms with Crippen molar-refractivity contribution in [2.24, 2.45) is 46.3 Å². The Bertz CT molecular complexity index is 668. The Hall–Kier alpha value is -0.340. The predicted molar refractivity (Wildman–Crippen MR) is 134 cm³/mol. The fourth-order valence-corrected chi connectivity index (χ4v) is 9.18. The van der Waals surface area contributed by atoms with Gasteiger partial charge in [0.2, 0.25) is 0 Å². The largest absolute Gasteiger partial charge is 0.393 e. The summed E-state index contributed by atoms with van der Waals surface area (Å²) in [5.41, 5.74) is 1.99. The Morgan fingerprint density at radius 3 is 2.31 bits per heavy atom. The fourth-order valence-electron chi connectivity index (χ4n) is 9.18. The van der Waals surface area contributed by atoms with E-state index in [9.17, 15) is 10.2 Å². The van der Waals surface area contributed by atoms with Crippen LogP contribution in [0.4, 0.5) is 0 Å². The Balaban J connectivity index is 1.40. The van der Waals surface area contributed by atoms with Gasteiger partial charge in [0, 0.05) is 0 Å². The molecule has 0 aliphatic heterocycles. The van der Waals surface area contributed by atoms with Gasteiger partial charge in [-0.2, -0.15) is 0 Å². The molecule has 3 fully saturated rings. The lowest BCUT2D eigenvalue weighted by Crippen LogP contribution is -2.54. The Morgan fingerprint density at radius 1 is 0.875 bits per heavy atom. The lowest BCUT2D eigenvalue weighted by Gasteiger charge is -2.59. The van der Waals surface area contributed by atoms with Gasteiger partial charge in [0.1, 0.15) is 0 Å². The molecule has 0 radical (unpaired) electrons. The highest BCUT2D eigenvalue weighted by Crippen LogP contribution is 2.67. The Kier molecular flexibility index (Phi) is 7.53. The van der Waals surface area contributed by atoms with Gasteiger partial charge in [0.05, 0.1) is 12.2 Å². The van der Waals surface area contributed by atoms with Gasteiger partial charge in [-0.25, -0.2) is 0 Å². The summed E-state index contributed by atoms with van der Waals surface area (Å²) in [5, 5.41) is 21.6. The molecule has 9 atom stereocenters. The minimum atomic E-state index is -0.298. The smallest absolute Gasteiger partial charge is 0.0757 e. The molecular weight excluding hydrogens is 392 g/mol. The van der Waals surface area contributed by atoms with E-state index in [1.54, 1.807) is 0 Å². The van der Waals surface area contributed by atoms with Gasteiger partial charge in [-0.05, 0) is 91.3 Å². The van der Waals surface area contributed by atoms with E-state index in [1.807, 2.05) is 0 Å². The van der Waals surface area contributed by atoms with Gasteiger partial charge in [0.15, 0.2) is 0 Å². The maximum absolute atomic E-state index is 11.3. The first kappa shape index (κ1) is 24.8. The first-order valence-electron chi connectivity index (χ1n) is 14.2. The molecule has 4 aliphatic carbocycles. The predicted octanol–water partition coefficient (Wildman–Crippen LogP) is 7.53. The molecule has 0 aromatic heterocycles. The molecule has 0 bridgehead atoms. The Labute approximate surface area is 198 Å². The van der Waals surface area contributed by atoms with Crippen molar-refractivity contribution in [1.29, 1.82) is 0 Å². The topological polar surface area (TPSA) is 40.5 Å². The van der Waals surface area contributed by atoms with Crippen LogP contribution in [-0.4, -0.2) is 22.4 Å². The Morgan fingerprint density at radius 2 is 1.59 bits per heavy atom. The third-order valence-electron chi connectivity index (χ3n) is 11.1. The summed E-state index contributed by atoms with van der Waals surface area (Å²) < 4.78 is 0. The third-order valence-corrected chi connectivity index (χ3v) is 11.1. The van der Waals surface area contributed by atoms with Crippen molar-refractivity contribution in [2.45, 2.75) is 130 Å². The average Bonchev–Trinajstić information content (AvgIpc) is 3.09. The van der Waals surface area contributed by atoms with Crippen LogP contribution in [0.1, 0.15) is 118 Å². The molecule has 32 heavy (non-hydrogen) atoms. The highest BCUT2D eigenvalue weighted by atomic mass is 16.3. The van der Waals surface area contributed by atoms with Crippen LogP contribution in [0.15, 0.2) is 11.6 Å². The number of fused-ring (bicyclic) bond motifs is 5. The van der Waals surface area contributed by atoms with Crippen molar-refractivity contribution < 1.29 is 10.2 Å². The first-order chi connectivity index (χ1) is 15.2. The van der Waals surface area contributed by atoms with Crippen molar-refractivity contribution in [3.8, 4) is 0 Å². The van der Waals surface area contributed by atoms with Gasteiger partial charge < -0.3 is 10.2 Å². The summed E-state index contributed by atoms with van der Waals surface area (Å²) in [4.78, 5) is 0. The molecule has 2 heteroatoms. The van der Waals surface area contributed by atoms with E-state index in [1.165, 1.54) is 69.8 Å². The second kappa shape index (κ2) is 9.73. The molecule has 184 valence electrons. The van der Waals surface area contributed by atoms with Gasteiger partial charge in [-0.15, -0.1) is 0 Å². The molecule has 0 spiro atoms. The second-order valence-corrected chi connectivity index (χ2v) is 13.4. The van der Waals surface area contributed by atoms with Crippen molar-refractivity contribution in [2.75, 3.05) is 0 Å². The minimum Gasteiger partial charge on any atom is -0.393 e. The molecule has 4 rings (SSSR count). The summed E-state index contributed by atoms with van der Waals surface area (Å²) in [7, 11) is 0. The van der Waals surface area contributed by atoms with E-state index < -0.39 is 0 Å². The zero-order chi connectivity index (χ0) is 23.1. The van der Waals surface area contributed by atoms with Crippen molar-refractivity contribution in [1.82, 2.24) is 0 Å². The monoisotopic (exact) mass is 444 g/mol. The van der Waals surface area contributed by atoms with E-state index in [0.29, 0.717) is 23.2 Å². The molecule has 0 heterocycles. The third kappa shape index (κ3) is 4.49. The number of aliphatic hydroxyl groups excluding tert-OH is 2. The average molecular weight is 445 g/mol. The lowest BCUT2D eigenvalue weighted by atomic mass is 9.46. The number of unbranched alkanes of at least 4 members (excludes halogenated alkanes) is 3. The van der Waals surface area contributed by atoms with Crippen molar-refractivity contribution in [3.05, 3.63) is 11.6 Å². The van der Waals surface area contributed by atoms with Crippen LogP contribution in [0.5, 0.6) is 0 Å². The summed E-state index contributed by atoms with van der Waals surface area (Å²) in [6.45, 7) is 12.3. The highest BCUT2D eigenvalue weighted by Gasteiger charge is 2.61. The molecule has 0 amide bonds. The second-order valence-electron chi connectivity index (χ2n) is 13.4. The van der Waals surface area contributed by atoms with Gasteiger partial charge in [-0.3, -0.25) is 0 Å². The zero-order valence-electron chi connectivity index (χ0n) is 21.8. The summed E-state index contributed by atoms with van der Waals surface area (Å²) in [6, 6.07) is 0. The van der Waals surface area contributed by atoms with Crippen LogP contribution in [0, 0.1) is 46.3 Å². The normalized spacial score (nSPS) is 44.6. The van der Waals surface area contributed by atoms with E-state index in [0.717, 1.165) is 37.0 Å². The summed E-state index contributed by atoms with van der Waals surface area (Å²) in [6.07, 6.45) is 18.2. The maximum atomic E-state index is 11.3. The zero-order valence-corrected chi connectivity index (χ0v) is 21.8. The SMILES string of the molecule is CC(C)CCCCCCC(C)[C@H]1CCC2C3C(CC[C@@]21C)[C@@]1(C)CC[C@H](O)CC1=C[C@H]3O. The van der Waals surface area contributed by atoms with Gasteiger partial charge in [-0.1, -0.05) is 84.8 Å². The van der Waals surface area contributed by atoms with E-state index in [4.69, 9.17) is 0 Å². The van der Waals surface area contributed by atoms with Crippen molar-refractivity contribution in [3.63, 3.8) is 0 Å². The summed E-state index contributed by atoms with van der Waals surface area (Å²) in [5.74, 6) is 4.23.